The molecule has 1 aliphatic rings. The van der Waals surface area contributed by atoms with Gasteiger partial charge in [-0.2, -0.15) is 0 Å². The molecule has 1 aromatic heterocycles. The van der Waals surface area contributed by atoms with Gasteiger partial charge in [-0.25, -0.2) is 0 Å². The van der Waals surface area contributed by atoms with Gasteiger partial charge in [-0.15, -0.1) is 0 Å². The lowest BCUT2D eigenvalue weighted by molar-refractivity contribution is 0.109. The molecule has 112 valence electrons. The van der Waals surface area contributed by atoms with Gasteiger partial charge in [0.1, 0.15) is 11.5 Å². The Kier molecular flexibility index (Phi) is 4.63. The molecule has 0 spiro atoms. The molecular weight excluding hydrogens is 286 g/mol. The number of benzene rings is 1. The zero-order valence-corrected chi connectivity index (χ0v) is 13.0. The molecule has 3 rings (SSSR count). The number of furan rings is 1. The van der Waals surface area contributed by atoms with Crippen LogP contribution in [0.15, 0.2) is 34.7 Å². The molecule has 1 saturated heterocycles. The molecule has 1 aromatic carbocycles. The topological polar surface area (TPSA) is 34.4 Å². The van der Waals surface area contributed by atoms with E-state index in [4.69, 9.17) is 20.8 Å². The van der Waals surface area contributed by atoms with Gasteiger partial charge in [0.25, 0.3) is 0 Å². The third kappa shape index (κ3) is 3.49. The maximum atomic E-state index is 6.16. The van der Waals surface area contributed by atoms with Crippen molar-refractivity contribution in [2.75, 3.05) is 13.2 Å². The highest BCUT2D eigenvalue weighted by atomic mass is 35.5. The van der Waals surface area contributed by atoms with Crippen LogP contribution in [0.5, 0.6) is 0 Å². The predicted octanol–water partition coefficient (Wildman–Crippen LogP) is 4.18. The van der Waals surface area contributed by atoms with Crippen molar-refractivity contribution in [2.45, 2.75) is 32.4 Å². The van der Waals surface area contributed by atoms with Gasteiger partial charge in [0.2, 0.25) is 0 Å². The molecule has 0 radical (unpaired) electrons. The minimum Gasteiger partial charge on any atom is -0.460 e. The smallest absolute Gasteiger partial charge is 0.134 e. The summed E-state index contributed by atoms with van der Waals surface area (Å²) >= 11 is 6.16. The van der Waals surface area contributed by atoms with E-state index in [1.807, 2.05) is 37.3 Å². The molecule has 21 heavy (non-hydrogen) atoms. The highest BCUT2D eigenvalue weighted by molar-refractivity contribution is 6.31. The maximum absolute atomic E-state index is 6.16. The Morgan fingerprint density at radius 1 is 1.29 bits per heavy atom. The second-order valence-electron chi connectivity index (χ2n) is 5.44. The molecule has 4 heteroatoms. The number of hydrogen-bond donors (Lipinski definition) is 1. The lowest BCUT2D eigenvalue weighted by atomic mass is 10.1. The minimum atomic E-state index is 0.356. The van der Waals surface area contributed by atoms with E-state index < -0.39 is 0 Å². The first-order valence-electron chi connectivity index (χ1n) is 7.40. The van der Waals surface area contributed by atoms with Crippen molar-refractivity contribution in [1.82, 2.24) is 5.32 Å². The van der Waals surface area contributed by atoms with E-state index in [0.717, 1.165) is 53.8 Å². The Hall–Kier alpha value is -1.29. The van der Waals surface area contributed by atoms with Crippen LogP contribution in [0, 0.1) is 6.92 Å². The highest BCUT2D eigenvalue weighted by Gasteiger charge is 2.15. The number of rotatable bonds is 5. The van der Waals surface area contributed by atoms with Crippen LogP contribution in [0.25, 0.3) is 11.3 Å². The first-order chi connectivity index (χ1) is 10.2. The van der Waals surface area contributed by atoms with E-state index in [-0.39, 0.29) is 0 Å². The molecule has 1 fully saturated rings. The fourth-order valence-corrected chi connectivity index (χ4v) is 2.83. The van der Waals surface area contributed by atoms with Crippen LogP contribution in [0.1, 0.15) is 24.2 Å². The first kappa shape index (κ1) is 14.6. The zero-order chi connectivity index (χ0) is 14.7. The van der Waals surface area contributed by atoms with Gasteiger partial charge >= 0.3 is 0 Å². The average molecular weight is 306 g/mol. The number of hydrogen-bond acceptors (Lipinski definition) is 3. The maximum Gasteiger partial charge on any atom is 0.134 e. The van der Waals surface area contributed by atoms with E-state index in [0.29, 0.717) is 6.10 Å². The summed E-state index contributed by atoms with van der Waals surface area (Å²) in [6, 6.07) is 9.89. The van der Waals surface area contributed by atoms with Crippen LogP contribution in [-0.2, 0) is 11.3 Å². The molecule has 0 saturated carbocycles. The standard InChI is InChI=1S/C17H20ClNO2/c1-12-15(5-2-6-16(12)18)17-8-7-14(21-17)11-19-10-13-4-3-9-20-13/h2,5-8,13,19H,3-4,9-11H2,1H3. The van der Waals surface area contributed by atoms with Crippen molar-refractivity contribution < 1.29 is 9.15 Å². The van der Waals surface area contributed by atoms with Gasteiger partial charge in [-0.1, -0.05) is 23.7 Å². The predicted molar refractivity (Wildman–Crippen MR) is 84.6 cm³/mol. The largest absolute Gasteiger partial charge is 0.460 e. The van der Waals surface area contributed by atoms with E-state index in [1.165, 1.54) is 6.42 Å². The summed E-state index contributed by atoms with van der Waals surface area (Å²) in [5.41, 5.74) is 2.10. The molecule has 1 unspecified atom stereocenters. The second kappa shape index (κ2) is 6.65. The molecule has 1 atom stereocenters. The Labute approximate surface area is 130 Å². The molecule has 1 aliphatic heterocycles. The van der Waals surface area contributed by atoms with E-state index in [2.05, 4.69) is 5.32 Å². The molecule has 0 amide bonds. The summed E-state index contributed by atoms with van der Waals surface area (Å²) in [5, 5.41) is 4.16. The molecule has 2 heterocycles. The van der Waals surface area contributed by atoms with Crippen LogP contribution >= 0.6 is 11.6 Å². The summed E-state index contributed by atoms with van der Waals surface area (Å²) in [6.45, 7) is 4.51. The van der Waals surface area contributed by atoms with E-state index >= 15 is 0 Å². The van der Waals surface area contributed by atoms with E-state index in [9.17, 15) is 0 Å². The van der Waals surface area contributed by atoms with E-state index in [1.54, 1.807) is 0 Å². The van der Waals surface area contributed by atoms with Crippen LogP contribution in [0.4, 0.5) is 0 Å². The summed E-state index contributed by atoms with van der Waals surface area (Å²) in [7, 11) is 0. The Morgan fingerprint density at radius 2 is 2.19 bits per heavy atom. The summed E-state index contributed by atoms with van der Waals surface area (Å²) in [4.78, 5) is 0. The first-order valence-corrected chi connectivity index (χ1v) is 7.78. The van der Waals surface area contributed by atoms with Gasteiger partial charge in [0.05, 0.1) is 12.6 Å². The van der Waals surface area contributed by atoms with Gasteiger partial charge in [-0.05, 0) is 43.5 Å². The SMILES string of the molecule is Cc1c(Cl)cccc1-c1ccc(CNCC2CCCO2)o1. The number of nitrogens with one attached hydrogen (secondary N) is 1. The van der Waals surface area contributed by atoms with Crippen molar-refractivity contribution in [3.8, 4) is 11.3 Å². The van der Waals surface area contributed by atoms with Crippen LogP contribution in [0.2, 0.25) is 5.02 Å². The molecule has 3 nitrogen and oxygen atoms in total. The van der Waals surface area contributed by atoms with Crippen molar-refractivity contribution in [1.29, 1.82) is 0 Å². The monoisotopic (exact) mass is 305 g/mol. The Bertz CT molecular complexity index is 603. The van der Waals surface area contributed by atoms with Crippen molar-refractivity contribution in [3.63, 3.8) is 0 Å². The van der Waals surface area contributed by atoms with Gasteiger partial charge in [0, 0.05) is 23.7 Å². The number of ether oxygens (including phenoxy) is 1. The number of halogens is 1. The quantitative estimate of drug-likeness (QED) is 0.900. The third-order valence-electron chi connectivity index (χ3n) is 3.89. The van der Waals surface area contributed by atoms with Crippen molar-refractivity contribution in [3.05, 3.63) is 46.7 Å². The summed E-state index contributed by atoms with van der Waals surface area (Å²) in [6.07, 6.45) is 2.68. The average Bonchev–Trinajstić information content (AvgIpc) is 3.14. The molecule has 1 N–H and O–H groups in total. The third-order valence-corrected chi connectivity index (χ3v) is 4.30. The van der Waals surface area contributed by atoms with Gasteiger partial charge < -0.3 is 14.5 Å². The summed E-state index contributed by atoms with van der Waals surface area (Å²) < 4.78 is 11.5. The molecule has 0 aliphatic carbocycles. The molecular formula is C17H20ClNO2. The fourth-order valence-electron chi connectivity index (χ4n) is 2.65. The lowest BCUT2D eigenvalue weighted by Crippen LogP contribution is -2.25. The molecule has 2 aromatic rings. The molecule has 0 bridgehead atoms. The zero-order valence-electron chi connectivity index (χ0n) is 12.2. The lowest BCUT2D eigenvalue weighted by Gasteiger charge is -2.09. The normalized spacial score (nSPS) is 18.3. The van der Waals surface area contributed by atoms with Crippen LogP contribution in [-0.4, -0.2) is 19.3 Å². The van der Waals surface area contributed by atoms with Crippen molar-refractivity contribution >= 4 is 11.6 Å². The van der Waals surface area contributed by atoms with Gasteiger partial charge in [-0.3, -0.25) is 0 Å². The highest BCUT2D eigenvalue weighted by Crippen LogP contribution is 2.29. The van der Waals surface area contributed by atoms with Gasteiger partial charge in [0.15, 0.2) is 0 Å². The van der Waals surface area contributed by atoms with Crippen LogP contribution in [0.3, 0.4) is 0 Å². The second-order valence-corrected chi connectivity index (χ2v) is 5.85. The fraction of sp³-hybridized carbons (Fsp3) is 0.412. The minimum absolute atomic E-state index is 0.356. The Morgan fingerprint density at radius 3 is 3.00 bits per heavy atom. The summed E-state index contributed by atoms with van der Waals surface area (Å²) in [5.74, 6) is 1.80. The van der Waals surface area contributed by atoms with Crippen molar-refractivity contribution in [2.24, 2.45) is 0 Å². The van der Waals surface area contributed by atoms with Crippen LogP contribution < -0.4 is 5.32 Å². The Balaban J connectivity index is 1.61.